The molecule has 1 aliphatic carbocycles. The van der Waals surface area contributed by atoms with Gasteiger partial charge < -0.3 is 25.1 Å². The molecule has 2 fully saturated rings. The highest BCUT2D eigenvalue weighted by molar-refractivity contribution is 5.82. The van der Waals surface area contributed by atoms with Crippen molar-refractivity contribution in [2.75, 3.05) is 5.73 Å². The molecule has 0 bridgehead atoms. The molecule has 1 saturated heterocycles. The number of hydrogen-bond donors (Lipinski definition) is 2. The normalized spacial score (nSPS) is 29.2. The van der Waals surface area contributed by atoms with E-state index in [1.165, 1.54) is 0 Å². The predicted octanol–water partition coefficient (Wildman–Crippen LogP) is 1.80. The zero-order chi connectivity index (χ0) is 19.1. The van der Waals surface area contributed by atoms with Crippen LogP contribution in [0.1, 0.15) is 52.7 Å². The number of aliphatic hydroxyl groups is 1. The minimum Gasteiger partial charge on any atom is -0.460 e. The smallest absolute Gasteiger partial charge is 0.320 e. The lowest BCUT2D eigenvalue weighted by molar-refractivity contribution is -0.0621. The largest absolute Gasteiger partial charge is 0.460 e. The fourth-order valence-corrected chi connectivity index (χ4v) is 3.87. The van der Waals surface area contributed by atoms with Gasteiger partial charge in [-0.05, 0) is 46.5 Å². The quantitative estimate of drug-likeness (QED) is 0.810. The van der Waals surface area contributed by atoms with Crippen molar-refractivity contribution in [1.82, 2.24) is 19.5 Å². The minimum atomic E-state index is -0.852. The molecule has 3 heterocycles. The SMILES string of the molecule is CC(C)O[C@H]1[C@@H](O)[C@H](n2cnc3c(N)nc(OC4CCCC4)nc32)O[C@@H]1C. The van der Waals surface area contributed by atoms with Crippen molar-refractivity contribution in [1.29, 1.82) is 0 Å². The first-order valence-corrected chi connectivity index (χ1v) is 9.59. The van der Waals surface area contributed by atoms with Gasteiger partial charge in [-0.25, -0.2) is 4.98 Å². The molecule has 0 amide bonds. The molecule has 9 nitrogen and oxygen atoms in total. The van der Waals surface area contributed by atoms with Crippen molar-refractivity contribution in [2.24, 2.45) is 0 Å². The Bertz CT molecular complexity index is 804. The molecule has 0 radical (unpaired) electrons. The first kappa shape index (κ1) is 18.4. The van der Waals surface area contributed by atoms with E-state index in [1.54, 1.807) is 10.9 Å². The van der Waals surface area contributed by atoms with Gasteiger partial charge in [0.25, 0.3) is 0 Å². The van der Waals surface area contributed by atoms with Crippen molar-refractivity contribution >= 4 is 17.0 Å². The van der Waals surface area contributed by atoms with Crippen molar-refractivity contribution in [2.45, 2.75) is 83.2 Å². The molecule has 2 aromatic heterocycles. The van der Waals surface area contributed by atoms with Gasteiger partial charge in [0.05, 0.1) is 18.5 Å². The van der Waals surface area contributed by atoms with Crippen LogP contribution in [-0.2, 0) is 9.47 Å². The molecule has 4 rings (SSSR count). The molecule has 0 spiro atoms. The van der Waals surface area contributed by atoms with Crippen LogP contribution in [0.15, 0.2) is 6.33 Å². The summed E-state index contributed by atoms with van der Waals surface area (Å²) >= 11 is 0. The van der Waals surface area contributed by atoms with Crippen molar-refractivity contribution in [3.63, 3.8) is 0 Å². The highest BCUT2D eigenvalue weighted by Gasteiger charge is 2.44. The fraction of sp³-hybridized carbons (Fsp3) is 0.722. The molecule has 4 atom stereocenters. The van der Waals surface area contributed by atoms with E-state index in [-0.39, 0.29) is 30.1 Å². The number of nitrogens with zero attached hydrogens (tertiary/aromatic N) is 4. The van der Waals surface area contributed by atoms with Gasteiger partial charge in [-0.15, -0.1) is 0 Å². The van der Waals surface area contributed by atoms with Gasteiger partial charge in [-0.1, -0.05) is 0 Å². The molecular weight excluding hydrogens is 350 g/mol. The monoisotopic (exact) mass is 377 g/mol. The van der Waals surface area contributed by atoms with Gasteiger partial charge in [0.15, 0.2) is 23.2 Å². The third kappa shape index (κ3) is 3.46. The fourth-order valence-electron chi connectivity index (χ4n) is 3.87. The highest BCUT2D eigenvalue weighted by atomic mass is 16.6. The maximum Gasteiger partial charge on any atom is 0.320 e. The van der Waals surface area contributed by atoms with Crippen LogP contribution >= 0.6 is 0 Å². The number of nitrogens with two attached hydrogens (primary N) is 1. The van der Waals surface area contributed by atoms with Crippen LogP contribution in [-0.4, -0.2) is 55.1 Å². The molecule has 9 heteroatoms. The topological polar surface area (TPSA) is 118 Å². The zero-order valence-corrected chi connectivity index (χ0v) is 15.9. The summed E-state index contributed by atoms with van der Waals surface area (Å²) in [5, 5.41) is 10.8. The third-order valence-corrected chi connectivity index (χ3v) is 5.15. The van der Waals surface area contributed by atoms with Crippen LogP contribution in [0.2, 0.25) is 0 Å². The summed E-state index contributed by atoms with van der Waals surface area (Å²) in [5.41, 5.74) is 7.01. The number of imidazole rings is 1. The van der Waals surface area contributed by atoms with Gasteiger partial charge in [0, 0.05) is 0 Å². The summed E-state index contributed by atoms with van der Waals surface area (Å²) < 4.78 is 19.4. The summed E-state index contributed by atoms with van der Waals surface area (Å²) in [4.78, 5) is 13.0. The van der Waals surface area contributed by atoms with Crippen molar-refractivity contribution < 1.29 is 19.3 Å². The number of hydrogen-bond acceptors (Lipinski definition) is 8. The van der Waals surface area contributed by atoms with E-state index in [1.807, 2.05) is 20.8 Å². The van der Waals surface area contributed by atoms with E-state index in [4.69, 9.17) is 19.9 Å². The molecule has 2 aromatic rings. The molecule has 0 aromatic carbocycles. The summed E-state index contributed by atoms with van der Waals surface area (Å²) in [6.45, 7) is 5.74. The van der Waals surface area contributed by atoms with Crippen molar-refractivity contribution in [3.8, 4) is 6.01 Å². The van der Waals surface area contributed by atoms with E-state index in [9.17, 15) is 5.11 Å². The second-order valence-electron chi connectivity index (χ2n) is 7.61. The van der Waals surface area contributed by atoms with Gasteiger partial charge in [0.2, 0.25) is 0 Å². The standard InChI is InChI=1S/C18H27N5O4/c1-9(2)25-14-10(3)26-17(13(14)24)23-8-20-12-15(19)21-18(22-16(12)23)27-11-6-4-5-7-11/h8-11,13-14,17,24H,4-7H2,1-3H3,(H2,19,21,22)/t10-,13-,14-,17-/m1/s1. The highest BCUT2D eigenvalue weighted by Crippen LogP contribution is 2.34. The van der Waals surface area contributed by atoms with Crippen LogP contribution in [0.5, 0.6) is 6.01 Å². The number of aliphatic hydroxyl groups excluding tert-OH is 1. The number of ether oxygens (including phenoxy) is 3. The summed E-state index contributed by atoms with van der Waals surface area (Å²) in [6.07, 6.45) is 3.75. The van der Waals surface area contributed by atoms with Crippen LogP contribution < -0.4 is 10.5 Å². The minimum absolute atomic E-state index is 0.0154. The van der Waals surface area contributed by atoms with Crippen LogP contribution in [0, 0.1) is 0 Å². The van der Waals surface area contributed by atoms with E-state index in [0.717, 1.165) is 25.7 Å². The third-order valence-electron chi connectivity index (χ3n) is 5.15. The van der Waals surface area contributed by atoms with E-state index < -0.39 is 18.4 Å². The van der Waals surface area contributed by atoms with Gasteiger partial charge >= 0.3 is 6.01 Å². The molecule has 1 saturated carbocycles. The van der Waals surface area contributed by atoms with Crippen LogP contribution in [0.3, 0.4) is 0 Å². The van der Waals surface area contributed by atoms with Crippen molar-refractivity contribution in [3.05, 3.63) is 6.33 Å². The number of aromatic nitrogens is 4. The van der Waals surface area contributed by atoms with E-state index >= 15 is 0 Å². The van der Waals surface area contributed by atoms with Gasteiger partial charge in [0.1, 0.15) is 18.3 Å². The lowest BCUT2D eigenvalue weighted by Gasteiger charge is -2.21. The molecule has 3 N–H and O–H groups in total. The number of fused-ring (bicyclic) bond motifs is 1. The second kappa shape index (κ2) is 7.21. The summed E-state index contributed by atoms with van der Waals surface area (Å²) in [5.74, 6) is 0.252. The molecule has 27 heavy (non-hydrogen) atoms. The first-order chi connectivity index (χ1) is 12.9. The Labute approximate surface area is 157 Å². The second-order valence-corrected chi connectivity index (χ2v) is 7.61. The Morgan fingerprint density at radius 2 is 2.04 bits per heavy atom. The summed E-state index contributed by atoms with van der Waals surface area (Å²) in [7, 11) is 0. The van der Waals surface area contributed by atoms with E-state index in [2.05, 4.69) is 15.0 Å². The van der Waals surface area contributed by atoms with Crippen LogP contribution in [0.25, 0.3) is 11.2 Å². The zero-order valence-electron chi connectivity index (χ0n) is 15.9. The maximum absolute atomic E-state index is 10.8. The van der Waals surface area contributed by atoms with E-state index in [0.29, 0.717) is 11.2 Å². The molecule has 1 aliphatic heterocycles. The molecule has 2 aliphatic rings. The van der Waals surface area contributed by atoms with Crippen LogP contribution in [0.4, 0.5) is 5.82 Å². The number of nitrogen functional groups attached to an aromatic ring is 1. The number of anilines is 1. The van der Waals surface area contributed by atoms with Gasteiger partial charge in [-0.2, -0.15) is 9.97 Å². The Kier molecular flexibility index (Phi) is 4.92. The lowest BCUT2D eigenvalue weighted by atomic mass is 10.1. The Morgan fingerprint density at radius 1 is 1.30 bits per heavy atom. The van der Waals surface area contributed by atoms with Gasteiger partial charge in [-0.3, -0.25) is 4.57 Å². The lowest BCUT2D eigenvalue weighted by Crippen LogP contribution is -2.35. The first-order valence-electron chi connectivity index (χ1n) is 9.59. The average Bonchev–Trinajstić information content (AvgIpc) is 3.31. The maximum atomic E-state index is 10.8. The Hall–Kier alpha value is -1.97. The number of rotatable bonds is 5. The Balaban J connectivity index is 1.64. The molecule has 148 valence electrons. The molecule has 0 unspecified atom stereocenters. The summed E-state index contributed by atoms with van der Waals surface area (Å²) in [6, 6.07) is 0.240. The molecular formula is C18H27N5O4. The average molecular weight is 377 g/mol. The predicted molar refractivity (Wildman–Crippen MR) is 98.2 cm³/mol. The Morgan fingerprint density at radius 3 is 2.74 bits per heavy atom.